The fourth-order valence-corrected chi connectivity index (χ4v) is 1.06. The van der Waals surface area contributed by atoms with E-state index in [1.165, 1.54) is 0 Å². The smallest absolute Gasteiger partial charge is 0.336 e. The number of allylic oxidation sites excluding steroid dienone is 1. The molecule has 0 aromatic carbocycles. The Morgan fingerprint density at radius 3 is 2.57 bits per heavy atom. The van der Waals surface area contributed by atoms with Gasteiger partial charge in [0.15, 0.2) is 0 Å². The Morgan fingerprint density at radius 2 is 2.07 bits per heavy atom. The molecule has 0 fully saturated rings. The first-order valence-corrected chi connectivity index (χ1v) is 5.11. The summed E-state index contributed by atoms with van der Waals surface area (Å²) in [5.74, 6) is -0.259. The summed E-state index contributed by atoms with van der Waals surface area (Å²) in [6.45, 7) is 4.67. The van der Waals surface area contributed by atoms with Crippen LogP contribution in [0.2, 0.25) is 0 Å². The van der Waals surface area contributed by atoms with Gasteiger partial charge in [0.25, 0.3) is 0 Å². The van der Waals surface area contributed by atoms with Gasteiger partial charge in [-0.2, -0.15) is 0 Å². The summed E-state index contributed by atoms with van der Waals surface area (Å²) in [5.41, 5.74) is 0.628. The van der Waals surface area contributed by atoms with Crippen molar-refractivity contribution < 1.29 is 14.3 Å². The highest BCUT2D eigenvalue weighted by molar-refractivity contribution is 5.88. The molecule has 82 valence electrons. The highest BCUT2D eigenvalue weighted by Crippen LogP contribution is 2.04. The zero-order chi connectivity index (χ0) is 10.8. The first kappa shape index (κ1) is 13.2. The predicted octanol–water partition coefficient (Wildman–Crippen LogP) is 2.31. The molecular weight excluding hydrogens is 180 g/mol. The number of carbonyl (C=O) groups is 1. The number of hydrogen-bond donors (Lipinski definition) is 0. The number of unbranched alkanes of at least 4 members (excludes halogenated alkanes) is 2. The average molecular weight is 200 g/mol. The van der Waals surface area contributed by atoms with Crippen molar-refractivity contribution in [3.8, 4) is 0 Å². The van der Waals surface area contributed by atoms with Crippen LogP contribution in [0.1, 0.15) is 33.1 Å². The first-order chi connectivity index (χ1) is 6.76. The molecule has 0 radical (unpaired) electrons. The van der Waals surface area contributed by atoms with Crippen LogP contribution in [0.5, 0.6) is 0 Å². The van der Waals surface area contributed by atoms with Gasteiger partial charge in [0, 0.05) is 7.11 Å². The van der Waals surface area contributed by atoms with E-state index in [4.69, 9.17) is 9.47 Å². The fraction of sp³-hybridized carbons (Fsp3) is 0.727. The summed E-state index contributed by atoms with van der Waals surface area (Å²) in [5, 5.41) is 0. The normalized spacial score (nSPS) is 11.5. The lowest BCUT2D eigenvalue weighted by molar-refractivity contribution is -0.139. The number of carbonyl (C=O) groups excluding carboxylic acids is 1. The largest absolute Gasteiger partial charge is 0.463 e. The third-order valence-electron chi connectivity index (χ3n) is 1.79. The lowest BCUT2D eigenvalue weighted by Gasteiger charge is -2.05. The maximum Gasteiger partial charge on any atom is 0.336 e. The van der Waals surface area contributed by atoms with E-state index in [9.17, 15) is 4.79 Å². The average Bonchev–Trinajstić information content (AvgIpc) is 2.17. The van der Waals surface area contributed by atoms with Gasteiger partial charge in [0.2, 0.25) is 0 Å². The number of methoxy groups -OCH3 is 1. The van der Waals surface area contributed by atoms with Crippen molar-refractivity contribution in [2.24, 2.45) is 0 Å². The molecule has 0 saturated carbocycles. The molecule has 0 rings (SSSR count). The van der Waals surface area contributed by atoms with Crippen molar-refractivity contribution >= 4 is 5.97 Å². The van der Waals surface area contributed by atoms with E-state index in [2.05, 4.69) is 6.92 Å². The van der Waals surface area contributed by atoms with Crippen LogP contribution >= 0.6 is 0 Å². The Kier molecular flexibility index (Phi) is 8.24. The second kappa shape index (κ2) is 8.75. The Morgan fingerprint density at radius 1 is 1.36 bits per heavy atom. The SMILES string of the molecule is CCCCC=C(COC)C(=O)OCC. The van der Waals surface area contributed by atoms with Gasteiger partial charge in [-0.3, -0.25) is 0 Å². The second-order valence-corrected chi connectivity index (χ2v) is 3.03. The minimum Gasteiger partial charge on any atom is -0.463 e. The molecule has 0 spiro atoms. The molecular formula is C11H20O3. The van der Waals surface area contributed by atoms with Crippen LogP contribution in [-0.2, 0) is 14.3 Å². The van der Waals surface area contributed by atoms with Crippen LogP contribution in [-0.4, -0.2) is 26.3 Å². The Balaban J connectivity index is 4.11. The molecule has 0 aliphatic carbocycles. The van der Waals surface area contributed by atoms with E-state index in [0.29, 0.717) is 18.8 Å². The topological polar surface area (TPSA) is 35.5 Å². The highest BCUT2D eigenvalue weighted by Gasteiger charge is 2.08. The zero-order valence-corrected chi connectivity index (χ0v) is 9.34. The van der Waals surface area contributed by atoms with Gasteiger partial charge in [-0.1, -0.05) is 25.8 Å². The van der Waals surface area contributed by atoms with E-state index in [-0.39, 0.29) is 5.97 Å². The maximum absolute atomic E-state index is 11.4. The number of hydrogen-bond acceptors (Lipinski definition) is 3. The van der Waals surface area contributed by atoms with Crippen molar-refractivity contribution in [2.75, 3.05) is 20.3 Å². The van der Waals surface area contributed by atoms with Crippen molar-refractivity contribution in [3.05, 3.63) is 11.6 Å². The van der Waals surface area contributed by atoms with Crippen molar-refractivity contribution in [3.63, 3.8) is 0 Å². The van der Waals surface area contributed by atoms with Gasteiger partial charge in [0.1, 0.15) is 0 Å². The summed E-state index contributed by atoms with van der Waals surface area (Å²) in [6.07, 6.45) is 5.03. The van der Waals surface area contributed by atoms with Crippen LogP contribution in [0.4, 0.5) is 0 Å². The second-order valence-electron chi connectivity index (χ2n) is 3.03. The molecule has 14 heavy (non-hydrogen) atoms. The number of ether oxygens (including phenoxy) is 2. The maximum atomic E-state index is 11.4. The molecule has 0 bridgehead atoms. The lowest BCUT2D eigenvalue weighted by atomic mass is 10.2. The molecule has 0 aliphatic heterocycles. The van der Waals surface area contributed by atoms with Crippen molar-refractivity contribution in [1.29, 1.82) is 0 Å². The van der Waals surface area contributed by atoms with Gasteiger partial charge in [-0.25, -0.2) is 4.79 Å². The minimum atomic E-state index is -0.259. The Bertz CT molecular complexity index is 185. The van der Waals surface area contributed by atoms with Gasteiger partial charge >= 0.3 is 5.97 Å². The number of rotatable bonds is 7. The van der Waals surface area contributed by atoms with Crippen molar-refractivity contribution in [1.82, 2.24) is 0 Å². The first-order valence-electron chi connectivity index (χ1n) is 5.11. The lowest BCUT2D eigenvalue weighted by Crippen LogP contribution is -2.11. The molecule has 0 amide bonds. The molecule has 0 heterocycles. The quantitative estimate of drug-likeness (QED) is 0.359. The minimum absolute atomic E-state index is 0.259. The molecule has 0 N–H and O–H groups in total. The summed E-state index contributed by atoms with van der Waals surface area (Å²) in [4.78, 5) is 11.4. The third-order valence-corrected chi connectivity index (χ3v) is 1.79. The fourth-order valence-electron chi connectivity index (χ4n) is 1.06. The number of esters is 1. The predicted molar refractivity (Wildman–Crippen MR) is 56.1 cm³/mol. The van der Waals surface area contributed by atoms with Gasteiger partial charge in [0.05, 0.1) is 18.8 Å². The Hall–Kier alpha value is -0.830. The van der Waals surface area contributed by atoms with E-state index in [1.54, 1.807) is 14.0 Å². The van der Waals surface area contributed by atoms with E-state index < -0.39 is 0 Å². The van der Waals surface area contributed by atoms with Crippen LogP contribution in [0, 0.1) is 0 Å². The van der Waals surface area contributed by atoms with Gasteiger partial charge in [-0.15, -0.1) is 0 Å². The van der Waals surface area contributed by atoms with Crippen LogP contribution in [0.25, 0.3) is 0 Å². The van der Waals surface area contributed by atoms with Crippen LogP contribution in [0.3, 0.4) is 0 Å². The summed E-state index contributed by atoms with van der Waals surface area (Å²) in [7, 11) is 1.58. The monoisotopic (exact) mass is 200 g/mol. The van der Waals surface area contributed by atoms with Gasteiger partial charge in [-0.05, 0) is 13.3 Å². The molecule has 3 nitrogen and oxygen atoms in total. The Labute approximate surface area is 86.1 Å². The van der Waals surface area contributed by atoms with Crippen molar-refractivity contribution in [2.45, 2.75) is 33.1 Å². The molecule has 3 heteroatoms. The molecule has 0 aromatic rings. The molecule has 0 atom stereocenters. The zero-order valence-electron chi connectivity index (χ0n) is 9.34. The molecule has 0 aromatic heterocycles. The summed E-state index contributed by atoms with van der Waals surface area (Å²) in [6, 6.07) is 0. The third kappa shape index (κ3) is 5.75. The molecule has 0 aliphatic rings. The van der Waals surface area contributed by atoms with E-state index in [0.717, 1.165) is 19.3 Å². The van der Waals surface area contributed by atoms with Gasteiger partial charge < -0.3 is 9.47 Å². The summed E-state index contributed by atoms with van der Waals surface area (Å²) >= 11 is 0. The summed E-state index contributed by atoms with van der Waals surface area (Å²) < 4.78 is 9.83. The standard InChI is InChI=1S/C11H20O3/c1-4-6-7-8-10(9-13-3)11(12)14-5-2/h8H,4-7,9H2,1-3H3. The molecule has 0 saturated heterocycles. The molecule has 0 unspecified atom stereocenters. The van der Waals surface area contributed by atoms with Crippen LogP contribution in [0.15, 0.2) is 11.6 Å². The van der Waals surface area contributed by atoms with Crippen LogP contribution < -0.4 is 0 Å². The highest BCUT2D eigenvalue weighted by atomic mass is 16.5. The van der Waals surface area contributed by atoms with E-state index >= 15 is 0 Å². The van der Waals surface area contributed by atoms with E-state index in [1.807, 2.05) is 6.08 Å².